The molecule has 0 aliphatic carbocycles. The fraction of sp³-hybridized carbons (Fsp3) is 0.118. The summed E-state index contributed by atoms with van der Waals surface area (Å²) in [5, 5.41) is 20.7. The number of carbonyl (C=O) groups excluding carboxylic acids is 1. The predicted octanol–water partition coefficient (Wildman–Crippen LogP) is 4.49. The molecule has 0 saturated carbocycles. The van der Waals surface area contributed by atoms with Gasteiger partial charge < -0.3 is 5.32 Å². The number of nitrogens with one attached hydrogen (secondary N) is 1. The minimum absolute atomic E-state index is 0.126. The van der Waals surface area contributed by atoms with Gasteiger partial charge in [0.05, 0.1) is 24.2 Å². The number of anilines is 1. The van der Waals surface area contributed by atoms with E-state index in [4.69, 9.17) is 22.1 Å². The van der Waals surface area contributed by atoms with Gasteiger partial charge in [0.15, 0.2) is 0 Å². The summed E-state index contributed by atoms with van der Waals surface area (Å²) in [5.41, 5.74) is 1.10. The van der Waals surface area contributed by atoms with Crippen LogP contribution in [0.25, 0.3) is 0 Å². The highest BCUT2D eigenvalue weighted by atomic mass is 35.5. The molecule has 1 atom stereocenters. The van der Waals surface area contributed by atoms with Crippen LogP contribution in [0, 0.1) is 22.7 Å². The number of rotatable bonds is 5. The van der Waals surface area contributed by atoms with Gasteiger partial charge in [0.1, 0.15) is 5.25 Å². The van der Waals surface area contributed by atoms with E-state index >= 15 is 0 Å². The van der Waals surface area contributed by atoms with E-state index in [1.807, 2.05) is 18.2 Å². The molecule has 0 aliphatic rings. The van der Waals surface area contributed by atoms with Gasteiger partial charge in [0.2, 0.25) is 0 Å². The van der Waals surface area contributed by atoms with Gasteiger partial charge in [-0.15, -0.1) is 11.8 Å². The molecular formula is C17H12ClN3OS. The maximum absolute atomic E-state index is 12.3. The number of para-hydroxylation sites is 1. The minimum Gasteiger partial charge on any atom is -0.321 e. The molecular weight excluding hydrogens is 330 g/mol. The van der Waals surface area contributed by atoms with E-state index in [1.54, 1.807) is 36.4 Å². The highest BCUT2D eigenvalue weighted by Crippen LogP contribution is 2.31. The van der Waals surface area contributed by atoms with Gasteiger partial charge in [-0.25, -0.2) is 0 Å². The Kier molecular flexibility index (Phi) is 6.05. The first-order valence-electron chi connectivity index (χ1n) is 6.73. The highest BCUT2D eigenvalue weighted by Gasteiger charge is 2.14. The van der Waals surface area contributed by atoms with Crippen LogP contribution in [-0.2, 0) is 0 Å². The fourth-order valence-electron chi connectivity index (χ4n) is 1.82. The lowest BCUT2D eigenvalue weighted by Crippen LogP contribution is -2.12. The van der Waals surface area contributed by atoms with Crippen molar-refractivity contribution in [3.05, 3.63) is 59.1 Å². The molecule has 0 spiro atoms. The summed E-state index contributed by atoms with van der Waals surface area (Å²) in [5.74, 6) is -0.261. The van der Waals surface area contributed by atoms with E-state index < -0.39 is 5.25 Å². The Balaban J connectivity index is 2.17. The first kappa shape index (κ1) is 16.9. The number of hydrogen-bond donors (Lipinski definition) is 1. The standard InChI is InChI=1S/C17H12ClN3OS/c18-13-7-5-12(6-8-13)17(22)21-15-3-1-2-4-16(15)23-14(11-20)9-10-19/h1-8,14H,9H2,(H,21,22). The van der Waals surface area contributed by atoms with Crippen LogP contribution in [0.4, 0.5) is 5.69 Å². The van der Waals surface area contributed by atoms with Crippen LogP contribution in [0.1, 0.15) is 16.8 Å². The lowest BCUT2D eigenvalue weighted by atomic mass is 10.2. The zero-order valence-corrected chi connectivity index (χ0v) is 13.6. The van der Waals surface area contributed by atoms with Crippen molar-refractivity contribution >= 4 is 35.0 Å². The molecule has 0 fully saturated rings. The average molecular weight is 342 g/mol. The van der Waals surface area contributed by atoms with Gasteiger partial charge in [-0.1, -0.05) is 23.7 Å². The Bertz CT molecular complexity index is 778. The Labute approximate surface area is 143 Å². The molecule has 23 heavy (non-hydrogen) atoms. The van der Waals surface area contributed by atoms with Gasteiger partial charge in [-0.05, 0) is 36.4 Å². The number of nitriles is 2. The molecule has 0 saturated heterocycles. The Hall–Kier alpha value is -2.47. The summed E-state index contributed by atoms with van der Waals surface area (Å²) in [7, 11) is 0. The quantitative estimate of drug-likeness (QED) is 0.813. The van der Waals surface area contributed by atoms with Crippen LogP contribution >= 0.6 is 23.4 Å². The zero-order valence-electron chi connectivity index (χ0n) is 12.0. The lowest BCUT2D eigenvalue weighted by molar-refractivity contribution is 0.102. The van der Waals surface area contributed by atoms with Gasteiger partial charge in [0.25, 0.3) is 5.91 Å². The normalized spacial score (nSPS) is 11.1. The second-order valence-electron chi connectivity index (χ2n) is 4.56. The fourth-order valence-corrected chi connectivity index (χ4v) is 2.86. The molecule has 2 aromatic rings. The summed E-state index contributed by atoms with van der Waals surface area (Å²) >= 11 is 7.07. The molecule has 0 radical (unpaired) electrons. The highest BCUT2D eigenvalue weighted by molar-refractivity contribution is 8.00. The molecule has 2 rings (SSSR count). The lowest BCUT2D eigenvalue weighted by Gasteiger charge is -2.12. The third kappa shape index (κ3) is 4.75. The molecule has 0 heterocycles. The van der Waals surface area contributed by atoms with E-state index in [0.29, 0.717) is 16.3 Å². The number of benzene rings is 2. The number of hydrogen-bond acceptors (Lipinski definition) is 4. The van der Waals surface area contributed by atoms with Gasteiger partial charge in [0, 0.05) is 15.5 Å². The number of nitrogens with zero attached hydrogens (tertiary/aromatic N) is 2. The van der Waals surface area contributed by atoms with Crippen LogP contribution in [0.15, 0.2) is 53.4 Å². The molecule has 0 aromatic heterocycles. The average Bonchev–Trinajstić information content (AvgIpc) is 2.56. The zero-order chi connectivity index (χ0) is 16.7. The van der Waals surface area contributed by atoms with Crippen molar-refractivity contribution < 1.29 is 4.79 Å². The van der Waals surface area contributed by atoms with Gasteiger partial charge in [-0.2, -0.15) is 10.5 Å². The third-order valence-corrected chi connectivity index (χ3v) is 4.35. The second kappa shape index (κ2) is 8.24. The van der Waals surface area contributed by atoms with Crippen LogP contribution in [0.3, 0.4) is 0 Å². The number of thioether (sulfide) groups is 1. The Morgan fingerprint density at radius 2 is 1.87 bits per heavy atom. The summed E-state index contributed by atoms with van der Waals surface area (Å²) < 4.78 is 0. The van der Waals surface area contributed by atoms with E-state index in [9.17, 15) is 4.79 Å². The van der Waals surface area contributed by atoms with Crippen molar-refractivity contribution in [1.29, 1.82) is 10.5 Å². The first-order chi connectivity index (χ1) is 11.1. The van der Waals surface area contributed by atoms with Crippen LogP contribution in [-0.4, -0.2) is 11.2 Å². The summed E-state index contributed by atoms with van der Waals surface area (Å²) in [4.78, 5) is 13.0. The summed E-state index contributed by atoms with van der Waals surface area (Å²) in [6, 6.07) is 17.8. The van der Waals surface area contributed by atoms with E-state index in [2.05, 4.69) is 11.4 Å². The Morgan fingerprint density at radius 3 is 2.52 bits per heavy atom. The minimum atomic E-state index is -0.478. The molecule has 1 N–H and O–H groups in total. The first-order valence-corrected chi connectivity index (χ1v) is 7.99. The second-order valence-corrected chi connectivity index (χ2v) is 6.24. The molecule has 1 amide bonds. The molecule has 0 bridgehead atoms. The molecule has 6 heteroatoms. The number of carbonyl (C=O) groups is 1. The van der Waals surface area contributed by atoms with E-state index in [0.717, 1.165) is 4.90 Å². The van der Waals surface area contributed by atoms with Crippen molar-refractivity contribution in [3.8, 4) is 12.1 Å². The molecule has 2 aromatic carbocycles. The summed E-state index contributed by atoms with van der Waals surface area (Å²) in [6.45, 7) is 0. The number of amides is 1. The topological polar surface area (TPSA) is 76.7 Å². The van der Waals surface area contributed by atoms with Crippen molar-refractivity contribution in [1.82, 2.24) is 0 Å². The third-order valence-electron chi connectivity index (χ3n) is 2.93. The number of halogens is 1. The maximum atomic E-state index is 12.3. The largest absolute Gasteiger partial charge is 0.321 e. The van der Waals surface area contributed by atoms with Gasteiger partial charge in [-0.3, -0.25) is 4.79 Å². The monoisotopic (exact) mass is 341 g/mol. The molecule has 1 unspecified atom stereocenters. The molecule has 4 nitrogen and oxygen atoms in total. The predicted molar refractivity (Wildman–Crippen MR) is 91.3 cm³/mol. The van der Waals surface area contributed by atoms with Crippen molar-refractivity contribution in [2.45, 2.75) is 16.6 Å². The van der Waals surface area contributed by atoms with Gasteiger partial charge >= 0.3 is 0 Å². The smallest absolute Gasteiger partial charge is 0.255 e. The Morgan fingerprint density at radius 1 is 1.17 bits per heavy atom. The summed E-state index contributed by atoms with van der Waals surface area (Å²) in [6.07, 6.45) is 0.126. The van der Waals surface area contributed by atoms with Crippen LogP contribution in [0.5, 0.6) is 0 Å². The maximum Gasteiger partial charge on any atom is 0.255 e. The van der Waals surface area contributed by atoms with Crippen LogP contribution < -0.4 is 5.32 Å². The van der Waals surface area contributed by atoms with Crippen molar-refractivity contribution in [2.24, 2.45) is 0 Å². The van der Waals surface area contributed by atoms with E-state index in [1.165, 1.54) is 11.8 Å². The van der Waals surface area contributed by atoms with Crippen LogP contribution in [0.2, 0.25) is 5.02 Å². The molecule has 114 valence electrons. The van der Waals surface area contributed by atoms with E-state index in [-0.39, 0.29) is 12.3 Å². The van der Waals surface area contributed by atoms with Crippen molar-refractivity contribution in [2.75, 3.05) is 5.32 Å². The molecule has 0 aliphatic heterocycles. The van der Waals surface area contributed by atoms with Crippen molar-refractivity contribution in [3.63, 3.8) is 0 Å². The SMILES string of the molecule is N#CCC(C#N)Sc1ccccc1NC(=O)c1ccc(Cl)cc1.